The fourth-order valence-electron chi connectivity index (χ4n) is 2.17. The van der Waals surface area contributed by atoms with Crippen LogP contribution in [0.1, 0.15) is 32.8 Å². The third-order valence-corrected chi connectivity index (χ3v) is 3.42. The average Bonchev–Trinajstić information content (AvgIpc) is 2.42. The normalized spacial score (nSPS) is 11.5. The third kappa shape index (κ3) is 6.03. The quantitative estimate of drug-likeness (QED) is 0.833. The Bertz CT molecular complexity index is 603. The van der Waals surface area contributed by atoms with E-state index >= 15 is 0 Å². The van der Waals surface area contributed by atoms with E-state index < -0.39 is 17.6 Å². The van der Waals surface area contributed by atoms with E-state index in [0.717, 1.165) is 17.0 Å². The fourth-order valence-corrected chi connectivity index (χ4v) is 2.34. The van der Waals surface area contributed by atoms with Crippen LogP contribution >= 0.6 is 11.6 Å². The van der Waals surface area contributed by atoms with E-state index in [0.29, 0.717) is 6.42 Å². The molecule has 1 aromatic carbocycles. The summed E-state index contributed by atoms with van der Waals surface area (Å²) in [6, 6.07) is 3.23. The van der Waals surface area contributed by atoms with Crippen molar-refractivity contribution < 1.29 is 22.8 Å². The highest BCUT2D eigenvalue weighted by Gasteiger charge is 2.35. The Morgan fingerprint density at radius 3 is 2.42 bits per heavy atom. The molecule has 4 nitrogen and oxygen atoms in total. The van der Waals surface area contributed by atoms with Gasteiger partial charge in [0.1, 0.15) is 0 Å². The molecule has 1 rings (SSSR count). The summed E-state index contributed by atoms with van der Waals surface area (Å²) >= 11 is 5.64. The molecule has 0 aliphatic carbocycles. The number of nitrogens with one attached hydrogen (secondary N) is 1. The second-order valence-corrected chi connectivity index (χ2v) is 6.21. The molecular formula is C16H20ClF3N2O2. The zero-order valence-electron chi connectivity index (χ0n) is 13.7. The molecule has 0 aromatic heterocycles. The molecule has 0 unspecified atom stereocenters. The van der Waals surface area contributed by atoms with Crippen LogP contribution in [0.2, 0.25) is 5.02 Å². The molecule has 0 heterocycles. The lowest BCUT2D eigenvalue weighted by Gasteiger charge is -2.25. The predicted octanol–water partition coefficient (Wildman–Crippen LogP) is 3.87. The number of hydrogen-bond donors (Lipinski definition) is 1. The van der Waals surface area contributed by atoms with E-state index in [1.807, 2.05) is 13.8 Å². The summed E-state index contributed by atoms with van der Waals surface area (Å²) in [6.45, 7) is 4.93. The average molecular weight is 365 g/mol. The first kappa shape index (κ1) is 20.3. The molecule has 24 heavy (non-hydrogen) atoms. The van der Waals surface area contributed by atoms with Crippen LogP contribution in [-0.2, 0) is 15.8 Å². The number of carbonyl (C=O) groups excluding carboxylic acids is 2. The van der Waals surface area contributed by atoms with Crippen LogP contribution in [0.5, 0.6) is 0 Å². The van der Waals surface area contributed by atoms with E-state index in [-0.39, 0.29) is 35.6 Å². The number of halogens is 4. The van der Waals surface area contributed by atoms with Crippen molar-refractivity contribution in [3.63, 3.8) is 0 Å². The predicted molar refractivity (Wildman–Crippen MR) is 86.9 cm³/mol. The molecule has 0 atom stereocenters. The van der Waals surface area contributed by atoms with Crippen LogP contribution in [0, 0.1) is 5.92 Å². The van der Waals surface area contributed by atoms with Crippen LogP contribution < -0.4 is 10.2 Å². The molecule has 8 heteroatoms. The molecule has 0 fully saturated rings. The van der Waals surface area contributed by atoms with E-state index in [4.69, 9.17) is 11.6 Å². The van der Waals surface area contributed by atoms with Gasteiger partial charge in [-0.05, 0) is 24.1 Å². The lowest BCUT2D eigenvalue weighted by Crippen LogP contribution is -2.38. The van der Waals surface area contributed by atoms with Gasteiger partial charge in [0.25, 0.3) is 0 Å². The summed E-state index contributed by atoms with van der Waals surface area (Å²) < 4.78 is 39.5. The summed E-state index contributed by atoms with van der Waals surface area (Å²) in [5.41, 5.74) is -1.27. The van der Waals surface area contributed by atoms with Gasteiger partial charge in [-0.25, -0.2) is 0 Å². The van der Waals surface area contributed by atoms with Gasteiger partial charge < -0.3 is 10.2 Å². The van der Waals surface area contributed by atoms with Gasteiger partial charge in [-0.2, -0.15) is 13.2 Å². The minimum absolute atomic E-state index is 0.0606. The Kier molecular flexibility index (Phi) is 7.08. The van der Waals surface area contributed by atoms with Gasteiger partial charge in [0, 0.05) is 31.5 Å². The first-order valence-electron chi connectivity index (χ1n) is 7.44. The topological polar surface area (TPSA) is 49.4 Å². The number of alkyl halides is 3. The monoisotopic (exact) mass is 364 g/mol. The molecular weight excluding hydrogens is 345 g/mol. The summed E-state index contributed by atoms with van der Waals surface area (Å²) in [4.78, 5) is 24.4. The molecule has 0 saturated carbocycles. The van der Waals surface area contributed by atoms with Gasteiger partial charge >= 0.3 is 6.18 Å². The lowest BCUT2D eigenvalue weighted by atomic mass is 10.1. The number of hydrogen-bond acceptors (Lipinski definition) is 2. The minimum atomic E-state index is -4.64. The zero-order valence-corrected chi connectivity index (χ0v) is 14.5. The van der Waals surface area contributed by atoms with Crippen molar-refractivity contribution in [2.75, 3.05) is 18.0 Å². The maximum absolute atomic E-state index is 13.2. The van der Waals surface area contributed by atoms with Crippen LogP contribution in [-0.4, -0.2) is 24.9 Å². The fraction of sp³-hybridized carbons (Fsp3) is 0.500. The van der Waals surface area contributed by atoms with Crippen molar-refractivity contribution in [3.05, 3.63) is 28.8 Å². The second kappa shape index (κ2) is 8.37. The Morgan fingerprint density at radius 1 is 1.29 bits per heavy atom. The van der Waals surface area contributed by atoms with Crippen LogP contribution in [0.4, 0.5) is 18.9 Å². The maximum atomic E-state index is 13.2. The molecule has 0 bridgehead atoms. The minimum Gasteiger partial charge on any atom is -0.354 e. The van der Waals surface area contributed by atoms with Crippen molar-refractivity contribution in [2.24, 2.45) is 5.92 Å². The van der Waals surface area contributed by atoms with E-state index in [1.54, 1.807) is 0 Å². The van der Waals surface area contributed by atoms with E-state index in [9.17, 15) is 22.8 Å². The number of amides is 2. The molecule has 0 radical (unpaired) electrons. The van der Waals surface area contributed by atoms with Crippen molar-refractivity contribution in [1.29, 1.82) is 0 Å². The van der Waals surface area contributed by atoms with Crippen LogP contribution in [0.15, 0.2) is 18.2 Å². The molecule has 1 N–H and O–H groups in total. The summed E-state index contributed by atoms with van der Waals surface area (Å²) in [5, 5.41) is 2.53. The standard InChI is InChI=1S/C16H20ClF3N2O2/c1-10(2)8-15(24)21-6-7-22(11(3)23)14-5-4-12(17)9-13(14)16(18,19)20/h4-5,9-10H,6-8H2,1-3H3,(H,21,24). The molecule has 0 aliphatic rings. The van der Waals surface area contributed by atoms with E-state index in [2.05, 4.69) is 5.32 Å². The van der Waals surface area contributed by atoms with Gasteiger partial charge in [0.2, 0.25) is 11.8 Å². The largest absolute Gasteiger partial charge is 0.418 e. The Morgan fingerprint density at radius 2 is 1.92 bits per heavy atom. The molecule has 0 spiro atoms. The van der Waals surface area contributed by atoms with Crippen molar-refractivity contribution in [1.82, 2.24) is 5.32 Å². The molecule has 0 aliphatic heterocycles. The van der Waals surface area contributed by atoms with Crippen molar-refractivity contribution >= 4 is 29.1 Å². The van der Waals surface area contributed by atoms with Crippen molar-refractivity contribution in [2.45, 2.75) is 33.4 Å². The van der Waals surface area contributed by atoms with Gasteiger partial charge in [-0.15, -0.1) is 0 Å². The number of nitrogens with zero attached hydrogens (tertiary/aromatic N) is 1. The van der Waals surface area contributed by atoms with Crippen LogP contribution in [0.3, 0.4) is 0 Å². The Labute approximate surface area is 144 Å². The summed E-state index contributed by atoms with van der Waals surface area (Å²) in [6.07, 6.45) is -4.33. The van der Waals surface area contributed by atoms with Gasteiger partial charge in [-0.1, -0.05) is 25.4 Å². The Hall–Kier alpha value is -1.76. The summed E-state index contributed by atoms with van der Waals surface area (Å²) in [7, 11) is 0. The lowest BCUT2D eigenvalue weighted by molar-refractivity contribution is -0.137. The van der Waals surface area contributed by atoms with Gasteiger partial charge in [0.05, 0.1) is 11.3 Å². The highest BCUT2D eigenvalue weighted by Crippen LogP contribution is 2.38. The SMILES string of the molecule is CC(=O)N(CCNC(=O)CC(C)C)c1ccc(Cl)cc1C(F)(F)F. The number of carbonyl (C=O) groups is 2. The maximum Gasteiger partial charge on any atom is 0.418 e. The zero-order chi connectivity index (χ0) is 18.5. The number of rotatable bonds is 6. The van der Waals surface area contributed by atoms with Gasteiger partial charge in [-0.3, -0.25) is 9.59 Å². The Balaban J connectivity index is 2.94. The molecule has 134 valence electrons. The first-order chi connectivity index (χ1) is 11.0. The third-order valence-electron chi connectivity index (χ3n) is 3.19. The second-order valence-electron chi connectivity index (χ2n) is 5.78. The molecule has 1 aromatic rings. The highest BCUT2D eigenvalue weighted by atomic mass is 35.5. The number of anilines is 1. The van der Waals surface area contributed by atoms with Gasteiger partial charge in [0.15, 0.2) is 0 Å². The van der Waals surface area contributed by atoms with Crippen molar-refractivity contribution in [3.8, 4) is 0 Å². The molecule has 0 saturated heterocycles. The smallest absolute Gasteiger partial charge is 0.354 e. The summed E-state index contributed by atoms with van der Waals surface area (Å²) in [5.74, 6) is -0.594. The van der Waals surface area contributed by atoms with E-state index in [1.165, 1.54) is 13.0 Å². The number of benzene rings is 1. The first-order valence-corrected chi connectivity index (χ1v) is 7.81. The van der Waals surface area contributed by atoms with Crippen LogP contribution in [0.25, 0.3) is 0 Å². The molecule has 2 amide bonds. The highest BCUT2D eigenvalue weighted by molar-refractivity contribution is 6.30.